The van der Waals surface area contributed by atoms with Crippen molar-refractivity contribution in [2.24, 2.45) is 5.92 Å². The van der Waals surface area contributed by atoms with E-state index in [0.717, 1.165) is 31.0 Å². The van der Waals surface area contributed by atoms with Gasteiger partial charge in [-0.2, -0.15) is 0 Å². The second-order valence-corrected chi connectivity index (χ2v) is 7.03. The Balaban J connectivity index is 1.39. The molecule has 0 saturated heterocycles. The number of fused-ring (bicyclic) bond motifs is 2. The van der Waals surface area contributed by atoms with Gasteiger partial charge in [0.05, 0.1) is 6.61 Å². The van der Waals surface area contributed by atoms with Crippen molar-refractivity contribution in [3.8, 4) is 5.75 Å². The lowest BCUT2D eigenvalue weighted by Crippen LogP contribution is -2.27. The summed E-state index contributed by atoms with van der Waals surface area (Å²) in [6.07, 6.45) is 6.22. The Kier molecular flexibility index (Phi) is 4.33. The fourth-order valence-corrected chi connectivity index (χ4v) is 3.85. The maximum atomic E-state index is 5.95. The maximum absolute atomic E-state index is 5.95. The molecule has 1 unspecified atom stereocenters. The van der Waals surface area contributed by atoms with E-state index in [1.807, 2.05) is 7.05 Å². The lowest BCUT2D eigenvalue weighted by atomic mass is 9.91. The minimum atomic E-state index is 0.514. The quantitative estimate of drug-likeness (QED) is 0.882. The van der Waals surface area contributed by atoms with Crippen molar-refractivity contribution in [3.05, 3.63) is 53.1 Å². The van der Waals surface area contributed by atoms with Gasteiger partial charge in [0.15, 0.2) is 0 Å². The van der Waals surface area contributed by atoms with Crippen LogP contribution in [0.15, 0.2) is 36.4 Å². The zero-order valence-corrected chi connectivity index (χ0v) is 14.4. The monoisotopic (exact) mass is 322 g/mol. The van der Waals surface area contributed by atoms with Gasteiger partial charge in [0, 0.05) is 30.9 Å². The van der Waals surface area contributed by atoms with Crippen molar-refractivity contribution < 1.29 is 4.74 Å². The minimum absolute atomic E-state index is 0.514. The summed E-state index contributed by atoms with van der Waals surface area (Å²) in [7, 11) is 1.96. The van der Waals surface area contributed by atoms with Crippen molar-refractivity contribution in [1.29, 1.82) is 0 Å². The number of aryl methyl sites for hydroxylation is 2. The van der Waals surface area contributed by atoms with Crippen LogP contribution in [0.2, 0.25) is 0 Å². The molecular weight excluding hydrogens is 296 g/mol. The molecular formula is C21H26N2O. The van der Waals surface area contributed by atoms with Gasteiger partial charge in [0.1, 0.15) is 5.75 Å². The second kappa shape index (κ2) is 6.76. The highest BCUT2D eigenvalue weighted by Crippen LogP contribution is 2.30. The Morgan fingerprint density at radius 2 is 1.75 bits per heavy atom. The zero-order valence-electron chi connectivity index (χ0n) is 14.4. The summed E-state index contributed by atoms with van der Waals surface area (Å²) in [4.78, 5) is 0. The number of ether oxygens (including phenoxy) is 1. The van der Waals surface area contributed by atoms with Crippen LogP contribution >= 0.6 is 0 Å². The van der Waals surface area contributed by atoms with Gasteiger partial charge in [0.25, 0.3) is 0 Å². The molecule has 126 valence electrons. The molecule has 1 aliphatic carbocycles. The topological polar surface area (TPSA) is 33.3 Å². The molecule has 3 nitrogen and oxygen atoms in total. The summed E-state index contributed by atoms with van der Waals surface area (Å²) in [6, 6.07) is 13.3. The normalized spacial score (nSPS) is 19.0. The Hall–Kier alpha value is -2.16. The molecule has 24 heavy (non-hydrogen) atoms. The maximum Gasteiger partial charge on any atom is 0.122 e. The first-order chi connectivity index (χ1) is 11.8. The van der Waals surface area contributed by atoms with Gasteiger partial charge in [-0.1, -0.05) is 6.07 Å². The Labute approximate surface area is 144 Å². The van der Waals surface area contributed by atoms with Crippen LogP contribution in [0, 0.1) is 5.92 Å². The summed E-state index contributed by atoms with van der Waals surface area (Å²) in [5.74, 6) is 1.56. The molecule has 0 saturated carbocycles. The van der Waals surface area contributed by atoms with Gasteiger partial charge >= 0.3 is 0 Å². The predicted molar refractivity (Wildman–Crippen MR) is 100 cm³/mol. The van der Waals surface area contributed by atoms with Gasteiger partial charge in [0.2, 0.25) is 0 Å². The number of hydrogen-bond acceptors (Lipinski definition) is 3. The van der Waals surface area contributed by atoms with Crippen molar-refractivity contribution >= 4 is 11.4 Å². The molecule has 0 spiro atoms. The van der Waals surface area contributed by atoms with Gasteiger partial charge in [-0.3, -0.25) is 0 Å². The number of hydrogen-bond donors (Lipinski definition) is 2. The highest BCUT2D eigenvalue weighted by molar-refractivity contribution is 5.52. The molecule has 0 bridgehead atoms. The summed E-state index contributed by atoms with van der Waals surface area (Å²) in [6.45, 7) is 1.76. The molecule has 4 rings (SSSR count). The summed E-state index contributed by atoms with van der Waals surface area (Å²) < 4.78 is 5.95. The van der Waals surface area contributed by atoms with Gasteiger partial charge in [-0.05, 0) is 79.1 Å². The minimum Gasteiger partial charge on any atom is -0.493 e. The Bertz CT molecular complexity index is 726. The number of anilines is 2. The van der Waals surface area contributed by atoms with Crippen LogP contribution in [0.25, 0.3) is 0 Å². The van der Waals surface area contributed by atoms with Crippen molar-refractivity contribution in [1.82, 2.24) is 0 Å². The molecule has 1 aliphatic heterocycles. The SMILES string of the molecule is CNc1ccc2c(c1)CC(CNc1ccc3c(c1)CCCC3)CO2. The van der Waals surface area contributed by atoms with Crippen LogP contribution in [-0.4, -0.2) is 20.2 Å². The molecule has 2 aromatic rings. The van der Waals surface area contributed by atoms with E-state index in [1.54, 1.807) is 5.56 Å². The number of rotatable bonds is 4. The van der Waals surface area contributed by atoms with E-state index < -0.39 is 0 Å². The zero-order chi connectivity index (χ0) is 16.4. The average molecular weight is 322 g/mol. The van der Waals surface area contributed by atoms with Crippen LogP contribution < -0.4 is 15.4 Å². The molecule has 2 N–H and O–H groups in total. The summed E-state index contributed by atoms with van der Waals surface area (Å²) >= 11 is 0. The molecule has 0 amide bonds. The highest BCUT2D eigenvalue weighted by atomic mass is 16.5. The smallest absolute Gasteiger partial charge is 0.122 e. The second-order valence-electron chi connectivity index (χ2n) is 7.03. The molecule has 1 heterocycles. The third-order valence-electron chi connectivity index (χ3n) is 5.28. The molecule has 3 heteroatoms. The fourth-order valence-electron chi connectivity index (χ4n) is 3.85. The molecule has 0 fully saturated rings. The van der Waals surface area contributed by atoms with Gasteiger partial charge < -0.3 is 15.4 Å². The van der Waals surface area contributed by atoms with Crippen LogP contribution in [0.3, 0.4) is 0 Å². The molecule has 2 aromatic carbocycles. The number of nitrogens with one attached hydrogen (secondary N) is 2. The highest BCUT2D eigenvalue weighted by Gasteiger charge is 2.20. The van der Waals surface area contributed by atoms with E-state index in [0.29, 0.717) is 5.92 Å². The van der Waals surface area contributed by atoms with Gasteiger partial charge in [-0.25, -0.2) is 0 Å². The van der Waals surface area contributed by atoms with E-state index in [2.05, 4.69) is 47.0 Å². The molecule has 1 atom stereocenters. The van der Waals surface area contributed by atoms with Crippen molar-refractivity contribution in [2.45, 2.75) is 32.1 Å². The first-order valence-corrected chi connectivity index (χ1v) is 9.11. The van der Waals surface area contributed by atoms with Crippen LogP contribution in [-0.2, 0) is 19.3 Å². The van der Waals surface area contributed by atoms with Gasteiger partial charge in [-0.15, -0.1) is 0 Å². The molecule has 0 aromatic heterocycles. The Morgan fingerprint density at radius 1 is 0.958 bits per heavy atom. The predicted octanol–water partition coefficient (Wildman–Crippen LogP) is 4.27. The van der Waals surface area contributed by atoms with E-state index in [1.165, 1.54) is 42.5 Å². The standard InChI is InChI=1S/C21H26N2O/c1-22-19-8-9-21-18(12-19)10-15(14-24-21)13-23-20-7-6-16-4-2-3-5-17(16)11-20/h6-9,11-12,15,22-23H,2-5,10,13-14H2,1H3. The summed E-state index contributed by atoms with van der Waals surface area (Å²) in [5, 5.41) is 6.84. The summed E-state index contributed by atoms with van der Waals surface area (Å²) in [5.41, 5.74) is 6.80. The van der Waals surface area contributed by atoms with E-state index >= 15 is 0 Å². The molecule has 0 radical (unpaired) electrons. The van der Waals surface area contributed by atoms with E-state index in [9.17, 15) is 0 Å². The lowest BCUT2D eigenvalue weighted by molar-refractivity contribution is 0.229. The largest absolute Gasteiger partial charge is 0.493 e. The van der Waals surface area contributed by atoms with E-state index in [4.69, 9.17) is 4.74 Å². The molecule has 2 aliphatic rings. The lowest BCUT2D eigenvalue weighted by Gasteiger charge is -2.26. The van der Waals surface area contributed by atoms with E-state index in [-0.39, 0.29) is 0 Å². The third kappa shape index (κ3) is 3.21. The first kappa shape index (κ1) is 15.4. The fraction of sp³-hybridized carbons (Fsp3) is 0.429. The number of benzene rings is 2. The van der Waals surface area contributed by atoms with Crippen molar-refractivity contribution in [2.75, 3.05) is 30.8 Å². The van der Waals surface area contributed by atoms with Crippen molar-refractivity contribution in [3.63, 3.8) is 0 Å². The van der Waals surface area contributed by atoms with Crippen LogP contribution in [0.1, 0.15) is 29.5 Å². The van der Waals surface area contributed by atoms with Crippen LogP contribution in [0.4, 0.5) is 11.4 Å². The van der Waals surface area contributed by atoms with Crippen LogP contribution in [0.5, 0.6) is 5.75 Å². The Morgan fingerprint density at radius 3 is 2.62 bits per heavy atom. The first-order valence-electron chi connectivity index (χ1n) is 9.11. The average Bonchev–Trinajstić information content (AvgIpc) is 2.65. The third-order valence-corrected chi connectivity index (χ3v) is 5.28.